The topological polar surface area (TPSA) is 46.9 Å². The fourth-order valence-corrected chi connectivity index (χ4v) is 2.00. The quantitative estimate of drug-likeness (QED) is 0.933. The summed E-state index contributed by atoms with van der Waals surface area (Å²) in [5, 5.41) is 3.20. The molecule has 2 aromatic rings. The predicted octanol–water partition coefficient (Wildman–Crippen LogP) is 2.69. The van der Waals surface area contributed by atoms with Crippen LogP contribution >= 0.6 is 0 Å². The van der Waals surface area contributed by atoms with Crippen molar-refractivity contribution in [3.63, 3.8) is 0 Å². The zero-order chi connectivity index (χ0) is 14.8. The molecule has 0 bridgehead atoms. The van der Waals surface area contributed by atoms with Crippen LogP contribution in [0.15, 0.2) is 41.3 Å². The highest BCUT2D eigenvalue weighted by atomic mass is 16.1. The number of benzene rings is 1. The van der Waals surface area contributed by atoms with Gasteiger partial charge in [0.15, 0.2) is 0 Å². The van der Waals surface area contributed by atoms with E-state index in [4.69, 9.17) is 0 Å². The van der Waals surface area contributed by atoms with E-state index in [9.17, 15) is 4.79 Å². The molecule has 0 aliphatic heterocycles. The van der Waals surface area contributed by atoms with Crippen molar-refractivity contribution in [1.29, 1.82) is 0 Å². The Morgan fingerprint density at radius 1 is 1.20 bits per heavy atom. The largest absolute Gasteiger partial charge is 0.352 e. The molecule has 0 saturated heterocycles. The molecule has 1 heterocycles. The van der Waals surface area contributed by atoms with Crippen molar-refractivity contribution in [3.8, 4) is 0 Å². The maximum atomic E-state index is 12.3. The smallest absolute Gasteiger partial charge is 0.258 e. The fraction of sp³-hybridized carbons (Fsp3) is 0.375. The number of rotatable bonds is 3. The van der Waals surface area contributed by atoms with E-state index in [1.165, 1.54) is 0 Å². The monoisotopic (exact) mass is 271 g/mol. The maximum absolute atomic E-state index is 12.3. The highest BCUT2D eigenvalue weighted by molar-refractivity contribution is 5.31. The lowest BCUT2D eigenvalue weighted by atomic mass is 9.89. The van der Waals surface area contributed by atoms with Crippen molar-refractivity contribution in [2.45, 2.75) is 32.7 Å². The molecule has 0 spiro atoms. The van der Waals surface area contributed by atoms with E-state index in [1.54, 1.807) is 17.8 Å². The maximum Gasteiger partial charge on any atom is 0.258 e. The summed E-state index contributed by atoms with van der Waals surface area (Å²) in [5.41, 5.74) is 1.69. The molecular formula is C16H21N3O. The molecule has 4 heteroatoms. The van der Waals surface area contributed by atoms with Gasteiger partial charge in [0.2, 0.25) is 5.95 Å². The molecule has 1 aromatic carbocycles. The van der Waals surface area contributed by atoms with Gasteiger partial charge in [0.25, 0.3) is 5.56 Å². The van der Waals surface area contributed by atoms with Crippen molar-refractivity contribution in [1.82, 2.24) is 9.55 Å². The molecule has 0 saturated carbocycles. The summed E-state index contributed by atoms with van der Waals surface area (Å²) in [4.78, 5) is 16.7. The lowest BCUT2D eigenvalue weighted by molar-refractivity contribution is 0.568. The van der Waals surface area contributed by atoms with E-state index in [0.717, 1.165) is 11.1 Å². The van der Waals surface area contributed by atoms with Crippen LogP contribution in [0.4, 0.5) is 5.95 Å². The fourth-order valence-electron chi connectivity index (χ4n) is 2.00. The van der Waals surface area contributed by atoms with Crippen molar-refractivity contribution in [2.24, 2.45) is 7.05 Å². The van der Waals surface area contributed by atoms with Gasteiger partial charge in [-0.25, -0.2) is 4.98 Å². The molecule has 106 valence electrons. The molecule has 0 aliphatic rings. The third-order valence-electron chi connectivity index (χ3n) is 3.27. The van der Waals surface area contributed by atoms with E-state index in [2.05, 4.69) is 10.3 Å². The summed E-state index contributed by atoms with van der Waals surface area (Å²) >= 11 is 0. The molecule has 0 fully saturated rings. The molecule has 0 atom stereocenters. The molecule has 20 heavy (non-hydrogen) atoms. The second-order valence-corrected chi connectivity index (χ2v) is 5.95. The number of nitrogens with one attached hydrogen (secondary N) is 1. The number of hydrogen-bond donors (Lipinski definition) is 1. The Balaban J connectivity index is 2.23. The molecule has 0 amide bonds. The first-order chi connectivity index (χ1) is 9.39. The van der Waals surface area contributed by atoms with Crippen LogP contribution in [0.2, 0.25) is 0 Å². The summed E-state index contributed by atoms with van der Waals surface area (Å²) < 4.78 is 1.57. The van der Waals surface area contributed by atoms with Crippen LogP contribution in [0.5, 0.6) is 0 Å². The number of aromatic nitrogens is 2. The Labute approximate surface area is 119 Å². The molecule has 1 N–H and O–H groups in total. The van der Waals surface area contributed by atoms with Crippen LogP contribution in [0.1, 0.15) is 31.9 Å². The lowest BCUT2D eigenvalue weighted by Crippen LogP contribution is -2.31. The van der Waals surface area contributed by atoms with Gasteiger partial charge in [-0.3, -0.25) is 9.36 Å². The van der Waals surface area contributed by atoms with E-state index < -0.39 is 0 Å². The minimum absolute atomic E-state index is 0.00283. The van der Waals surface area contributed by atoms with Crippen LogP contribution in [-0.4, -0.2) is 9.55 Å². The van der Waals surface area contributed by atoms with Gasteiger partial charge in [-0.15, -0.1) is 0 Å². The second kappa shape index (κ2) is 5.49. The van der Waals surface area contributed by atoms with Crippen LogP contribution in [-0.2, 0) is 19.0 Å². The van der Waals surface area contributed by atoms with E-state index in [0.29, 0.717) is 12.5 Å². The van der Waals surface area contributed by atoms with Crippen LogP contribution in [0, 0.1) is 0 Å². The van der Waals surface area contributed by atoms with Gasteiger partial charge in [0.05, 0.1) is 0 Å². The number of nitrogens with zero attached hydrogens (tertiary/aromatic N) is 2. The normalized spacial score (nSPS) is 11.4. The molecule has 1 aromatic heterocycles. The Morgan fingerprint density at radius 2 is 1.85 bits per heavy atom. The van der Waals surface area contributed by atoms with Gasteiger partial charge in [-0.2, -0.15) is 0 Å². The number of anilines is 1. The van der Waals surface area contributed by atoms with Crippen LogP contribution in [0.25, 0.3) is 0 Å². The first kappa shape index (κ1) is 14.3. The van der Waals surface area contributed by atoms with Gasteiger partial charge < -0.3 is 5.32 Å². The third-order valence-corrected chi connectivity index (χ3v) is 3.27. The highest BCUT2D eigenvalue weighted by Gasteiger charge is 2.19. The molecule has 2 rings (SSSR count). The first-order valence-electron chi connectivity index (χ1n) is 6.74. The zero-order valence-corrected chi connectivity index (χ0v) is 12.5. The van der Waals surface area contributed by atoms with E-state index in [-0.39, 0.29) is 11.0 Å². The summed E-state index contributed by atoms with van der Waals surface area (Å²) in [7, 11) is 1.75. The van der Waals surface area contributed by atoms with Crippen molar-refractivity contribution in [2.75, 3.05) is 5.32 Å². The number of hydrogen-bond acceptors (Lipinski definition) is 3. The van der Waals surface area contributed by atoms with Crippen LogP contribution in [0.3, 0.4) is 0 Å². The van der Waals surface area contributed by atoms with Gasteiger partial charge in [-0.1, -0.05) is 51.1 Å². The second-order valence-electron chi connectivity index (χ2n) is 5.95. The summed E-state index contributed by atoms with van der Waals surface area (Å²) in [6, 6.07) is 10.0. The zero-order valence-electron chi connectivity index (χ0n) is 12.5. The van der Waals surface area contributed by atoms with Crippen molar-refractivity contribution < 1.29 is 0 Å². The lowest BCUT2D eigenvalue weighted by Gasteiger charge is -2.19. The predicted molar refractivity (Wildman–Crippen MR) is 81.9 cm³/mol. The average molecular weight is 271 g/mol. The van der Waals surface area contributed by atoms with Gasteiger partial charge >= 0.3 is 0 Å². The Kier molecular flexibility index (Phi) is 3.93. The Bertz CT molecular complexity index is 639. The Hall–Kier alpha value is -2.10. The van der Waals surface area contributed by atoms with Crippen molar-refractivity contribution >= 4 is 5.95 Å². The first-order valence-corrected chi connectivity index (χ1v) is 6.74. The Morgan fingerprint density at radius 3 is 2.45 bits per heavy atom. The van der Waals surface area contributed by atoms with Crippen molar-refractivity contribution in [3.05, 3.63) is 58.0 Å². The standard InChI is InChI=1S/C16H21N3O/c1-16(2,3)13-11-18-15(19(4)14(13)20)17-10-12-8-6-5-7-9-12/h5-9,11H,10H2,1-4H3,(H,17,18). The van der Waals surface area contributed by atoms with Crippen LogP contribution < -0.4 is 10.9 Å². The molecule has 0 aliphatic carbocycles. The molecule has 0 radical (unpaired) electrons. The molecule has 0 unspecified atom stereocenters. The average Bonchev–Trinajstić information content (AvgIpc) is 2.40. The summed E-state index contributed by atoms with van der Waals surface area (Å²) in [6.45, 7) is 6.70. The van der Waals surface area contributed by atoms with Gasteiger partial charge in [0, 0.05) is 25.4 Å². The molecular weight excluding hydrogens is 250 g/mol. The highest BCUT2D eigenvalue weighted by Crippen LogP contribution is 2.18. The molecule has 4 nitrogen and oxygen atoms in total. The SMILES string of the molecule is Cn1c(NCc2ccccc2)ncc(C(C)(C)C)c1=O. The third kappa shape index (κ3) is 3.07. The minimum Gasteiger partial charge on any atom is -0.352 e. The summed E-state index contributed by atoms with van der Waals surface area (Å²) in [5.74, 6) is 0.590. The van der Waals surface area contributed by atoms with E-state index in [1.807, 2.05) is 51.1 Å². The minimum atomic E-state index is -0.195. The van der Waals surface area contributed by atoms with Gasteiger partial charge in [-0.05, 0) is 11.0 Å². The van der Waals surface area contributed by atoms with E-state index >= 15 is 0 Å². The van der Waals surface area contributed by atoms with Gasteiger partial charge in [0.1, 0.15) is 0 Å². The summed E-state index contributed by atoms with van der Waals surface area (Å²) in [6.07, 6.45) is 1.68.